The SMILES string of the molecule is COc1ccccc1C(NC(=O)CC1CCNCC1)C(C)(C)C.Cl. The molecule has 1 saturated heterocycles. The maximum Gasteiger partial charge on any atom is 0.220 e. The molecule has 1 aromatic carbocycles. The summed E-state index contributed by atoms with van der Waals surface area (Å²) in [5.74, 6) is 1.46. The molecule has 1 heterocycles. The van der Waals surface area contributed by atoms with Crippen LogP contribution in [0, 0.1) is 11.3 Å². The summed E-state index contributed by atoms with van der Waals surface area (Å²) in [5, 5.41) is 6.60. The van der Waals surface area contributed by atoms with E-state index in [1.54, 1.807) is 7.11 Å². The number of halogens is 1. The minimum absolute atomic E-state index is 0. The van der Waals surface area contributed by atoms with Crippen molar-refractivity contribution in [3.63, 3.8) is 0 Å². The zero-order valence-corrected chi connectivity index (χ0v) is 16.0. The molecule has 1 atom stereocenters. The van der Waals surface area contributed by atoms with E-state index in [0.29, 0.717) is 12.3 Å². The molecule has 0 saturated carbocycles. The van der Waals surface area contributed by atoms with E-state index in [4.69, 9.17) is 4.74 Å². The second-order valence-electron chi connectivity index (χ2n) is 7.51. The highest BCUT2D eigenvalue weighted by Crippen LogP contribution is 2.37. The molecule has 1 aliphatic rings. The van der Waals surface area contributed by atoms with E-state index in [0.717, 1.165) is 37.2 Å². The van der Waals surface area contributed by atoms with Gasteiger partial charge in [0.05, 0.1) is 13.2 Å². The quantitative estimate of drug-likeness (QED) is 0.847. The van der Waals surface area contributed by atoms with Crippen molar-refractivity contribution in [2.45, 2.75) is 46.1 Å². The molecule has 5 heteroatoms. The third-order valence-corrected chi connectivity index (χ3v) is 4.55. The number of hydrogen-bond acceptors (Lipinski definition) is 3. The predicted molar refractivity (Wildman–Crippen MR) is 101 cm³/mol. The number of rotatable bonds is 5. The van der Waals surface area contributed by atoms with Gasteiger partial charge >= 0.3 is 0 Å². The topological polar surface area (TPSA) is 50.4 Å². The third-order valence-electron chi connectivity index (χ3n) is 4.55. The van der Waals surface area contributed by atoms with Gasteiger partial charge < -0.3 is 15.4 Å². The van der Waals surface area contributed by atoms with Gasteiger partial charge in [-0.3, -0.25) is 4.79 Å². The zero-order valence-electron chi connectivity index (χ0n) is 15.2. The fourth-order valence-corrected chi connectivity index (χ4v) is 3.23. The first kappa shape index (κ1) is 20.8. The van der Waals surface area contributed by atoms with Crippen LogP contribution in [-0.4, -0.2) is 26.1 Å². The van der Waals surface area contributed by atoms with Crippen molar-refractivity contribution < 1.29 is 9.53 Å². The van der Waals surface area contributed by atoms with Crippen LogP contribution in [0.15, 0.2) is 24.3 Å². The minimum atomic E-state index is -0.0849. The summed E-state index contributed by atoms with van der Waals surface area (Å²) < 4.78 is 5.49. The van der Waals surface area contributed by atoms with Crippen LogP contribution >= 0.6 is 12.4 Å². The van der Waals surface area contributed by atoms with E-state index >= 15 is 0 Å². The molecule has 136 valence electrons. The number of ether oxygens (including phenoxy) is 1. The fourth-order valence-electron chi connectivity index (χ4n) is 3.23. The van der Waals surface area contributed by atoms with E-state index in [2.05, 4.69) is 31.4 Å². The van der Waals surface area contributed by atoms with Crippen LogP contribution in [-0.2, 0) is 4.79 Å². The predicted octanol–water partition coefficient (Wildman–Crippen LogP) is 3.71. The number of piperidine rings is 1. The van der Waals surface area contributed by atoms with Crippen molar-refractivity contribution >= 4 is 18.3 Å². The van der Waals surface area contributed by atoms with Crippen LogP contribution in [0.5, 0.6) is 5.75 Å². The third kappa shape index (κ3) is 5.67. The van der Waals surface area contributed by atoms with Gasteiger partial charge in [-0.15, -0.1) is 12.4 Å². The number of hydrogen-bond donors (Lipinski definition) is 2. The van der Waals surface area contributed by atoms with Crippen molar-refractivity contribution in [1.29, 1.82) is 0 Å². The zero-order chi connectivity index (χ0) is 16.9. The number of benzene rings is 1. The van der Waals surface area contributed by atoms with Crippen LogP contribution in [0.1, 0.15) is 51.6 Å². The maximum absolute atomic E-state index is 12.6. The highest BCUT2D eigenvalue weighted by molar-refractivity contribution is 5.85. The van der Waals surface area contributed by atoms with Gasteiger partial charge in [-0.25, -0.2) is 0 Å². The largest absolute Gasteiger partial charge is 0.496 e. The number of para-hydroxylation sites is 1. The van der Waals surface area contributed by atoms with E-state index in [-0.39, 0.29) is 29.8 Å². The molecule has 1 aromatic rings. The molecule has 2 N–H and O–H groups in total. The van der Waals surface area contributed by atoms with Gasteiger partial charge in [-0.05, 0) is 43.3 Å². The fraction of sp³-hybridized carbons (Fsp3) is 0.632. The normalized spacial score (nSPS) is 16.8. The Morgan fingerprint density at radius 3 is 2.50 bits per heavy atom. The number of methoxy groups -OCH3 is 1. The minimum Gasteiger partial charge on any atom is -0.496 e. The van der Waals surface area contributed by atoms with Crippen LogP contribution in [0.25, 0.3) is 0 Å². The summed E-state index contributed by atoms with van der Waals surface area (Å²) in [7, 11) is 1.68. The van der Waals surface area contributed by atoms with Crippen molar-refractivity contribution in [3.05, 3.63) is 29.8 Å². The van der Waals surface area contributed by atoms with Crippen LogP contribution in [0.3, 0.4) is 0 Å². The Balaban J connectivity index is 0.00000288. The molecule has 1 amide bonds. The summed E-state index contributed by atoms with van der Waals surface area (Å²) in [4.78, 5) is 12.6. The van der Waals surface area contributed by atoms with Crippen molar-refractivity contribution in [2.75, 3.05) is 20.2 Å². The van der Waals surface area contributed by atoms with Gasteiger partial charge in [-0.1, -0.05) is 39.0 Å². The molecule has 0 radical (unpaired) electrons. The van der Waals surface area contributed by atoms with Gasteiger partial charge in [0.1, 0.15) is 5.75 Å². The Morgan fingerprint density at radius 1 is 1.29 bits per heavy atom. The summed E-state index contributed by atoms with van der Waals surface area (Å²) >= 11 is 0. The Morgan fingerprint density at radius 2 is 1.92 bits per heavy atom. The Bertz CT molecular complexity index is 522. The molecule has 0 aromatic heterocycles. The van der Waals surface area contributed by atoms with Gasteiger partial charge in [0.25, 0.3) is 0 Å². The molecule has 24 heavy (non-hydrogen) atoms. The molecule has 1 aliphatic heterocycles. The van der Waals surface area contributed by atoms with Gasteiger partial charge in [0.2, 0.25) is 5.91 Å². The number of carbonyl (C=O) groups excluding carboxylic acids is 1. The molecule has 0 bridgehead atoms. The number of nitrogens with one attached hydrogen (secondary N) is 2. The Kier molecular flexibility index (Phi) is 8.04. The van der Waals surface area contributed by atoms with Crippen LogP contribution in [0.4, 0.5) is 0 Å². The second-order valence-corrected chi connectivity index (χ2v) is 7.51. The molecule has 2 rings (SSSR count). The van der Waals surface area contributed by atoms with Gasteiger partial charge in [0.15, 0.2) is 0 Å². The van der Waals surface area contributed by atoms with E-state index < -0.39 is 0 Å². The summed E-state index contributed by atoms with van der Waals surface area (Å²) in [6.45, 7) is 8.49. The van der Waals surface area contributed by atoms with E-state index in [1.807, 2.05) is 24.3 Å². The Hall–Kier alpha value is -1.26. The molecule has 1 unspecified atom stereocenters. The Labute approximate surface area is 152 Å². The smallest absolute Gasteiger partial charge is 0.220 e. The first-order chi connectivity index (χ1) is 10.9. The molecular weight excluding hydrogens is 324 g/mol. The summed E-state index contributed by atoms with van der Waals surface area (Å²) in [6.07, 6.45) is 2.79. The van der Waals surface area contributed by atoms with Crippen molar-refractivity contribution in [1.82, 2.24) is 10.6 Å². The molecule has 4 nitrogen and oxygen atoms in total. The first-order valence-electron chi connectivity index (χ1n) is 8.55. The lowest BCUT2D eigenvalue weighted by atomic mass is 9.81. The van der Waals surface area contributed by atoms with Crippen LogP contribution in [0.2, 0.25) is 0 Å². The van der Waals surface area contributed by atoms with Gasteiger partial charge in [-0.2, -0.15) is 0 Å². The summed E-state index contributed by atoms with van der Waals surface area (Å²) in [6, 6.07) is 7.88. The van der Waals surface area contributed by atoms with Gasteiger partial charge in [0, 0.05) is 12.0 Å². The second kappa shape index (κ2) is 9.28. The number of carbonyl (C=O) groups is 1. The number of amides is 1. The average Bonchev–Trinajstić information content (AvgIpc) is 2.52. The first-order valence-corrected chi connectivity index (χ1v) is 8.55. The van der Waals surface area contributed by atoms with E-state index in [9.17, 15) is 4.79 Å². The van der Waals surface area contributed by atoms with Crippen LogP contribution < -0.4 is 15.4 Å². The monoisotopic (exact) mass is 354 g/mol. The van der Waals surface area contributed by atoms with Crippen molar-refractivity contribution in [2.24, 2.45) is 11.3 Å². The average molecular weight is 355 g/mol. The molecule has 0 aliphatic carbocycles. The van der Waals surface area contributed by atoms with Crippen molar-refractivity contribution in [3.8, 4) is 5.75 Å². The highest BCUT2D eigenvalue weighted by atomic mass is 35.5. The lowest BCUT2D eigenvalue weighted by Gasteiger charge is -2.33. The molecule has 1 fully saturated rings. The summed E-state index contributed by atoms with van der Waals surface area (Å²) in [5.41, 5.74) is 0.958. The van der Waals surface area contributed by atoms with E-state index in [1.165, 1.54) is 0 Å². The standard InChI is InChI=1S/C19H30N2O2.ClH/c1-19(2,3)18(15-7-5-6-8-16(15)23-4)21-17(22)13-14-9-11-20-12-10-14;/h5-8,14,18,20H,9-13H2,1-4H3,(H,21,22);1H. The highest BCUT2D eigenvalue weighted by Gasteiger charge is 2.30. The lowest BCUT2D eigenvalue weighted by Crippen LogP contribution is -2.38. The maximum atomic E-state index is 12.6. The lowest BCUT2D eigenvalue weighted by molar-refractivity contribution is -0.123. The molecule has 0 spiro atoms. The molecular formula is C19H31ClN2O2.